The van der Waals surface area contributed by atoms with Crippen LogP contribution in [-0.2, 0) is 15.6 Å². The van der Waals surface area contributed by atoms with Crippen LogP contribution in [0.25, 0.3) is 11.4 Å². The number of halogens is 2. The molecule has 0 atom stereocenters. The number of aryl methyl sites for hydroxylation is 1. The first-order chi connectivity index (χ1) is 9.34. The Labute approximate surface area is 120 Å². The molecular weight excluding hydrogens is 305 g/mol. The van der Waals surface area contributed by atoms with Gasteiger partial charge in [0.05, 0.1) is 0 Å². The zero-order valence-corrected chi connectivity index (χ0v) is 12.5. The molecule has 1 aromatic carbocycles. The van der Waals surface area contributed by atoms with Gasteiger partial charge in [0.25, 0.3) is 14.2 Å². The summed E-state index contributed by atoms with van der Waals surface area (Å²) in [6, 6.07) is 4.43. The summed E-state index contributed by atoms with van der Waals surface area (Å²) in [5, 5.41) is 7.21. The maximum absolute atomic E-state index is 13.3. The average Bonchev–Trinajstić information content (AvgIpc) is 2.77. The molecule has 0 saturated carbocycles. The van der Waals surface area contributed by atoms with Gasteiger partial charge < -0.3 is 0 Å². The smallest absolute Gasteiger partial charge is 0.296 e. The van der Waals surface area contributed by atoms with Crippen LogP contribution in [0.4, 0.5) is 4.39 Å². The molecule has 2 rings (SSSR count). The van der Waals surface area contributed by atoms with Gasteiger partial charge in [0, 0.05) is 22.8 Å². The van der Waals surface area contributed by atoms with Crippen molar-refractivity contribution in [3.05, 3.63) is 29.6 Å². The quantitative estimate of drug-likeness (QED) is 0.813. The minimum Gasteiger partial charge on any atom is -0.297 e. The first-order valence-electron chi connectivity index (χ1n) is 5.99. The number of nitrogens with zero attached hydrogens (tertiary/aromatic N) is 3. The summed E-state index contributed by atoms with van der Waals surface area (Å²) in [4.78, 5) is 0. The van der Waals surface area contributed by atoms with Crippen LogP contribution in [0.3, 0.4) is 0 Å². The lowest BCUT2D eigenvalue weighted by Gasteiger charge is -2.08. The number of rotatable bonds is 4. The van der Waals surface area contributed by atoms with Crippen molar-refractivity contribution in [2.75, 3.05) is 0 Å². The van der Waals surface area contributed by atoms with Gasteiger partial charge in [0.2, 0.25) is 0 Å². The third kappa shape index (κ3) is 2.83. The van der Waals surface area contributed by atoms with E-state index < -0.39 is 9.05 Å². The number of benzene rings is 1. The summed E-state index contributed by atoms with van der Waals surface area (Å²) in [6.07, 6.45) is 0.685. The summed E-state index contributed by atoms with van der Waals surface area (Å²) < 4.78 is 37.7. The van der Waals surface area contributed by atoms with Gasteiger partial charge >= 0.3 is 0 Å². The molecule has 0 radical (unpaired) electrons. The Balaban J connectivity index is 2.62. The Morgan fingerprint density at radius 2 is 2.05 bits per heavy atom. The van der Waals surface area contributed by atoms with Crippen LogP contribution in [0.15, 0.2) is 23.4 Å². The van der Waals surface area contributed by atoms with E-state index in [1.165, 1.54) is 16.7 Å². The molecule has 2 aromatic rings. The largest absolute Gasteiger partial charge is 0.297 e. The SMILES string of the molecule is CCCn1c(-c2ccc(F)c(C)c2)nnc1S(=O)(=O)Cl. The molecule has 0 amide bonds. The van der Waals surface area contributed by atoms with Crippen molar-refractivity contribution in [2.24, 2.45) is 0 Å². The molecule has 0 aliphatic heterocycles. The molecule has 8 heteroatoms. The lowest BCUT2D eigenvalue weighted by atomic mass is 10.1. The van der Waals surface area contributed by atoms with Gasteiger partial charge in [0.15, 0.2) is 5.82 Å². The third-order valence-corrected chi connectivity index (χ3v) is 3.95. The molecule has 0 saturated heterocycles. The van der Waals surface area contributed by atoms with Crippen molar-refractivity contribution in [3.63, 3.8) is 0 Å². The van der Waals surface area contributed by atoms with E-state index in [-0.39, 0.29) is 11.0 Å². The standard InChI is InChI=1S/C12H13ClFN3O2S/c1-3-6-17-11(15-16-12(17)20(13,18)19)9-4-5-10(14)8(2)7-9/h4-5,7H,3,6H2,1-2H3. The summed E-state index contributed by atoms with van der Waals surface area (Å²) >= 11 is 0. The first kappa shape index (κ1) is 14.9. The molecular formula is C12H13ClFN3O2S. The van der Waals surface area contributed by atoms with E-state index in [0.29, 0.717) is 29.9 Å². The molecule has 20 heavy (non-hydrogen) atoms. The number of aromatic nitrogens is 3. The molecule has 0 spiro atoms. The second-order valence-corrected chi connectivity index (χ2v) is 6.82. The predicted molar refractivity (Wildman–Crippen MR) is 73.5 cm³/mol. The van der Waals surface area contributed by atoms with Gasteiger partial charge in [0.1, 0.15) is 5.82 Å². The topological polar surface area (TPSA) is 64.8 Å². The lowest BCUT2D eigenvalue weighted by molar-refractivity contribution is 0.569. The third-order valence-electron chi connectivity index (χ3n) is 2.80. The summed E-state index contributed by atoms with van der Waals surface area (Å²) in [5.74, 6) is 0.0228. The molecule has 0 bridgehead atoms. The van der Waals surface area contributed by atoms with E-state index in [2.05, 4.69) is 10.2 Å². The van der Waals surface area contributed by atoms with Gasteiger partial charge in [-0.05, 0) is 37.1 Å². The zero-order chi connectivity index (χ0) is 14.9. The van der Waals surface area contributed by atoms with E-state index in [4.69, 9.17) is 10.7 Å². The van der Waals surface area contributed by atoms with E-state index in [1.807, 2.05) is 6.92 Å². The average molecular weight is 318 g/mol. The van der Waals surface area contributed by atoms with Gasteiger partial charge in [-0.2, -0.15) is 0 Å². The molecule has 5 nitrogen and oxygen atoms in total. The highest BCUT2D eigenvalue weighted by Crippen LogP contribution is 2.24. The molecule has 0 unspecified atom stereocenters. The summed E-state index contributed by atoms with van der Waals surface area (Å²) in [7, 11) is 1.37. The molecule has 108 valence electrons. The Hall–Kier alpha value is -1.47. The van der Waals surface area contributed by atoms with Crippen LogP contribution in [-0.4, -0.2) is 23.2 Å². The van der Waals surface area contributed by atoms with Crippen LogP contribution in [0.1, 0.15) is 18.9 Å². The van der Waals surface area contributed by atoms with Crippen LogP contribution in [0.2, 0.25) is 0 Å². The first-order valence-corrected chi connectivity index (χ1v) is 8.30. The van der Waals surface area contributed by atoms with Crippen LogP contribution >= 0.6 is 10.7 Å². The molecule has 0 N–H and O–H groups in total. The predicted octanol–water partition coefficient (Wildman–Crippen LogP) is 2.73. The van der Waals surface area contributed by atoms with E-state index in [9.17, 15) is 12.8 Å². The van der Waals surface area contributed by atoms with E-state index >= 15 is 0 Å². The van der Waals surface area contributed by atoms with Crippen LogP contribution in [0.5, 0.6) is 0 Å². The highest BCUT2D eigenvalue weighted by molar-refractivity contribution is 8.13. The molecule has 1 aromatic heterocycles. The van der Waals surface area contributed by atoms with Crippen molar-refractivity contribution in [1.29, 1.82) is 0 Å². The fourth-order valence-corrected chi connectivity index (χ4v) is 2.81. The second-order valence-electron chi connectivity index (χ2n) is 4.36. The zero-order valence-electron chi connectivity index (χ0n) is 11.0. The van der Waals surface area contributed by atoms with Crippen LogP contribution < -0.4 is 0 Å². The minimum absolute atomic E-state index is 0.294. The molecule has 0 aliphatic rings. The maximum atomic E-state index is 13.3. The minimum atomic E-state index is -3.97. The van der Waals surface area contributed by atoms with Gasteiger partial charge in [-0.25, -0.2) is 12.8 Å². The number of hydrogen-bond acceptors (Lipinski definition) is 4. The second kappa shape index (κ2) is 5.49. The highest BCUT2D eigenvalue weighted by Gasteiger charge is 2.23. The van der Waals surface area contributed by atoms with E-state index in [0.717, 1.165) is 0 Å². The van der Waals surface area contributed by atoms with Crippen LogP contribution in [0, 0.1) is 12.7 Å². The van der Waals surface area contributed by atoms with Gasteiger partial charge in [-0.15, -0.1) is 10.2 Å². The van der Waals surface area contributed by atoms with Crippen molar-refractivity contribution >= 4 is 19.7 Å². The normalized spacial score (nSPS) is 11.8. The lowest BCUT2D eigenvalue weighted by Crippen LogP contribution is -2.07. The number of hydrogen-bond donors (Lipinski definition) is 0. The Morgan fingerprint density at radius 3 is 2.60 bits per heavy atom. The van der Waals surface area contributed by atoms with Crippen molar-refractivity contribution in [2.45, 2.75) is 32.0 Å². The highest BCUT2D eigenvalue weighted by atomic mass is 35.7. The van der Waals surface area contributed by atoms with Crippen molar-refractivity contribution in [3.8, 4) is 11.4 Å². The fourth-order valence-electron chi connectivity index (χ4n) is 1.89. The van der Waals surface area contributed by atoms with Crippen molar-refractivity contribution < 1.29 is 12.8 Å². The molecule has 0 fully saturated rings. The Kier molecular flexibility index (Phi) is 4.10. The molecule has 0 aliphatic carbocycles. The molecule has 1 heterocycles. The fraction of sp³-hybridized carbons (Fsp3) is 0.333. The Bertz CT molecular complexity index is 743. The van der Waals surface area contributed by atoms with Gasteiger partial charge in [-0.3, -0.25) is 4.57 Å². The summed E-state index contributed by atoms with van der Waals surface area (Å²) in [5.41, 5.74) is 1.04. The maximum Gasteiger partial charge on any atom is 0.296 e. The van der Waals surface area contributed by atoms with Crippen molar-refractivity contribution in [1.82, 2.24) is 14.8 Å². The van der Waals surface area contributed by atoms with E-state index in [1.54, 1.807) is 13.0 Å². The Morgan fingerprint density at radius 1 is 1.35 bits per heavy atom. The van der Waals surface area contributed by atoms with Gasteiger partial charge in [-0.1, -0.05) is 6.92 Å². The monoisotopic (exact) mass is 317 g/mol. The summed E-state index contributed by atoms with van der Waals surface area (Å²) in [6.45, 7) is 3.92.